The Bertz CT molecular complexity index is 456. The molecule has 3 rings (SSSR count). The highest BCUT2D eigenvalue weighted by Crippen LogP contribution is 2.29. The number of amides is 1. The molecule has 0 radical (unpaired) electrons. The summed E-state index contributed by atoms with van der Waals surface area (Å²) in [5, 5.41) is 12.8. The van der Waals surface area contributed by atoms with Gasteiger partial charge in [-0.3, -0.25) is 9.69 Å². The number of nitrogens with one attached hydrogen (secondary N) is 2. The Hall–Kier alpha value is -1.40. The quantitative estimate of drug-likeness (QED) is 0.755. The van der Waals surface area contributed by atoms with Crippen molar-refractivity contribution >= 4 is 5.91 Å². The maximum absolute atomic E-state index is 11.9. The molecular formula is C15H24N4O2. The molecule has 21 heavy (non-hydrogen) atoms. The van der Waals surface area contributed by atoms with Crippen LogP contribution in [-0.2, 0) is 4.79 Å². The van der Waals surface area contributed by atoms with E-state index in [0.717, 1.165) is 13.0 Å². The van der Waals surface area contributed by atoms with Gasteiger partial charge in [0.15, 0.2) is 6.10 Å². The van der Waals surface area contributed by atoms with Crippen molar-refractivity contribution in [2.75, 3.05) is 13.1 Å². The Balaban J connectivity index is 1.45. The molecule has 1 aliphatic carbocycles. The molecule has 1 aliphatic heterocycles. The van der Waals surface area contributed by atoms with Crippen LogP contribution < -0.4 is 5.32 Å². The number of imidazole rings is 1. The molecule has 2 unspecified atom stereocenters. The summed E-state index contributed by atoms with van der Waals surface area (Å²) in [5.41, 5.74) is 0.435. The fourth-order valence-electron chi connectivity index (χ4n) is 3.45. The highest BCUT2D eigenvalue weighted by molar-refractivity contribution is 5.81. The molecule has 2 atom stereocenters. The Kier molecular flexibility index (Phi) is 4.55. The van der Waals surface area contributed by atoms with Crippen LogP contribution in [0.4, 0.5) is 0 Å². The lowest BCUT2D eigenvalue weighted by Crippen LogP contribution is -2.58. The monoisotopic (exact) mass is 292 g/mol. The number of aliphatic hydroxyl groups excluding tert-OH is 1. The van der Waals surface area contributed by atoms with E-state index in [-0.39, 0.29) is 5.91 Å². The van der Waals surface area contributed by atoms with Gasteiger partial charge >= 0.3 is 0 Å². The van der Waals surface area contributed by atoms with Crippen molar-refractivity contribution in [1.82, 2.24) is 20.2 Å². The van der Waals surface area contributed by atoms with Gasteiger partial charge in [0.2, 0.25) is 0 Å². The third kappa shape index (κ3) is 3.27. The molecular weight excluding hydrogens is 268 g/mol. The number of aromatic nitrogens is 2. The average Bonchev–Trinajstić information content (AvgIpc) is 3.00. The smallest absolute Gasteiger partial charge is 0.255 e. The molecule has 0 bridgehead atoms. The number of H-pyrrole nitrogens is 1. The number of aliphatic hydroxyl groups is 1. The molecule has 3 N–H and O–H groups in total. The molecule has 1 saturated heterocycles. The van der Waals surface area contributed by atoms with Crippen LogP contribution in [0.2, 0.25) is 0 Å². The molecule has 1 saturated carbocycles. The number of rotatable bonds is 5. The second kappa shape index (κ2) is 6.58. The van der Waals surface area contributed by atoms with Crippen LogP contribution in [0.3, 0.4) is 0 Å². The van der Waals surface area contributed by atoms with E-state index in [1.165, 1.54) is 44.6 Å². The van der Waals surface area contributed by atoms with Crippen molar-refractivity contribution in [3.05, 3.63) is 18.2 Å². The van der Waals surface area contributed by atoms with Gasteiger partial charge in [-0.1, -0.05) is 19.3 Å². The zero-order valence-corrected chi connectivity index (χ0v) is 12.3. The predicted molar refractivity (Wildman–Crippen MR) is 78.5 cm³/mol. The average molecular weight is 292 g/mol. The van der Waals surface area contributed by atoms with Crippen molar-refractivity contribution in [2.45, 2.75) is 56.7 Å². The highest BCUT2D eigenvalue weighted by Gasteiger charge is 2.34. The molecule has 2 heterocycles. The van der Waals surface area contributed by atoms with E-state index in [2.05, 4.69) is 20.2 Å². The van der Waals surface area contributed by atoms with Gasteiger partial charge in [0.1, 0.15) is 0 Å². The number of hydrogen-bond donors (Lipinski definition) is 3. The molecule has 6 heteroatoms. The maximum atomic E-state index is 11.9. The number of hydrogen-bond acceptors (Lipinski definition) is 4. The Labute approximate surface area is 124 Å². The number of aromatic amines is 1. The van der Waals surface area contributed by atoms with Crippen LogP contribution in [-0.4, -0.2) is 51.1 Å². The van der Waals surface area contributed by atoms with Gasteiger partial charge in [-0.2, -0.15) is 0 Å². The van der Waals surface area contributed by atoms with Gasteiger partial charge in [0.25, 0.3) is 5.91 Å². The molecule has 1 aromatic heterocycles. The van der Waals surface area contributed by atoms with E-state index in [1.54, 1.807) is 0 Å². The van der Waals surface area contributed by atoms with E-state index < -0.39 is 6.10 Å². The standard InChI is InChI=1S/C15H24N4O2/c20-14(13-9-16-10-18-13)15(21)17-8-12-6-7-19(12)11-4-2-1-3-5-11/h9-12,14,20H,1-8H2,(H,16,18)(H,17,21). The number of carbonyl (C=O) groups is 1. The van der Waals surface area contributed by atoms with Gasteiger partial charge in [0.05, 0.1) is 18.2 Å². The van der Waals surface area contributed by atoms with E-state index in [1.807, 2.05) is 0 Å². The third-order valence-corrected chi connectivity index (χ3v) is 4.81. The number of likely N-dealkylation sites (tertiary alicyclic amines) is 1. The molecule has 2 aliphatic rings. The molecule has 2 fully saturated rings. The van der Waals surface area contributed by atoms with Gasteiger partial charge in [-0.15, -0.1) is 0 Å². The maximum Gasteiger partial charge on any atom is 0.255 e. The van der Waals surface area contributed by atoms with E-state index in [4.69, 9.17) is 0 Å². The largest absolute Gasteiger partial charge is 0.377 e. The fraction of sp³-hybridized carbons (Fsp3) is 0.733. The second-order valence-electron chi connectivity index (χ2n) is 6.13. The normalized spacial score (nSPS) is 25.3. The SMILES string of the molecule is O=C(NCC1CCN1C1CCCCC1)C(O)c1cnc[nH]1. The lowest BCUT2D eigenvalue weighted by Gasteiger charge is -2.47. The Morgan fingerprint density at radius 3 is 2.86 bits per heavy atom. The van der Waals surface area contributed by atoms with Gasteiger partial charge < -0.3 is 15.4 Å². The first-order chi connectivity index (χ1) is 10.3. The summed E-state index contributed by atoms with van der Waals surface area (Å²) in [6.45, 7) is 1.77. The van der Waals surface area contributed by atoms with Crippen molar-refractivity contribution in [3.8, 4) is 0 Å². The summed E-state index contributed by atoms with van der Waals surface area (Å²) in [4.78, 5) is 21.1. The summed E-state index contributed by atoms with van der Waals surface area (Å²) in [7, 11) is 0. The summed E-state index contributed by atoms with van der Waals surface area (Å²) in [6, 6.07) is 1.14. The fourth-order valence-corrected chi connectivity index (χ4v) is 3.45. The van der Waals surface area contributed by atoms with Crippen molar-refractivity contribution in [1.29, 1.82) is 0 Å². The molecule has 0 aromatic carbocycles. The van der Waals surface area contributed by atoms with Crippen molar-refractivity contribution < 1.29 is 9.90 Å². The topological polar surface area (TPSA) is 81.2 Å². The zero-order valence-electron chi connectivity index (χ0n) is 12.3. The van der Waals surface area contributed by atoms with Crippen molar-refractivity contribution in [3.63, 3.8) is 0 Å². The van der Waals surface area contributed by atoms with E-state index in [9.17, 15) is 9.90 Å². The summed E-state index contributed by atoms with van der Waals surface area (Å²) in [6.07, 6.45) is 9.53. The van der Waals surface area contributed by atoms with Crippen LogP contribution in [0.5, 0.6) is 0 Å². The Morgan fingerprint density at radius 1 is 1.43 bits per heavy atom. The molecule has 6 nitrogen and oxygen atoms in total. The molecule has 116 valence electrons. The van der Waals surface area contributed by atoms with E-state index >= 15 is 0 Å². The second-order valence-corrected chi connectivity index (χ2v) is 6.13. The van der Waals surface area contributed by atoms with Gasteiger partial charge in [-0.25, -0.2) is 4.98 Å². The molecule has 0 spiro atoms. The van der Waals surface area contributed by atoms with Crippen molar-refractivity contribution in [2.24, 2.45) is 0 Å². The summed E-state index contributed by atoms with van der Waals surface area (Å²) in [5.74, 6) is -0.352. The summed E-state index contributed by atoms with van der Waals surface area (Å²) >= 11 is 0. The van der Waals surface area contributed by atoms with E-state index in [0.29, 0.717) is 24.3 Å². The predicted octanol–water partition coefficient (Wildman–Crippen LogP) is 0.966. The van der Waals surface area contributed by atoms with Crippen LogP contribution in [0.25, 0.3) is 0 Å². The van der Waals surface area contributed by atoms with Gasteiger partial charge in [-0.05, 0) is 19.3 Å². The van der Waals surface area contributed by atoms with Crippen LogP contribution >= 0.6 is 0 Å². The lowest BCUT2D eigenvalue weighted by molar-refractivity contribution is -0.130. The first kappa shape index (κ1) is 14.5. The zero-order chi connectivity index (χ0) is 14.7. The summed E-state index contributed by atoms with van der Waals surface area (Å²) < 4.78 is 0. The van der Waals surface area contributed by atoms with Crippen LogP contribution in [0.1, 0.15) is 50.3 Å². The minimum absolute atomic E-state index is 0.352. The van der Waals surface area contributed by atoms with Crippen LogP contribution in [0.15, 0.2) is 12.5 Å². The van der Waals surface area contributed by atoms with Crippen LogP contribution in [0, 0.1) is 0 Å². The third-order valence-electron chi connectivity index (χ3n) is 4.81. The van der Waals surface area contributed by atoms with Gasteiger partial charge in [0, 0.05) is 25.2 Å². The Morgan fingerprint density at radius 2 is 2.24 bits per heavy atom. The number of carbonyl (C=O) groups excluding carboxylic acids is 1. The molecule has 1 aromatic rings. The minimum atomic E-state index is -1.16. The first-order valence-corrected chi connectivity index (χ1v) is 7.95. The minimum Gasteiger partial charge on any atom is -0.377 e. The highest BCUT2D eigenvalue weighted by atomic mass is 16.3. The number of nitrogens with zero attached hydrogens (tertiary/aromatic N) is 2. The molecule has 1 amide bonds. The first-order valence-electron chi connectivity index (χ1n) is 7.95. The lowest BCUT2D eigenvalue weighted by atomic mass is 9.89.